The number of rotatable bonds is 8. The van der Waals surface area contributed by atoms with Crippen LogP contribution >= 0.6 is 0 Å². The summed E-state index contributed by atoms with van der Waals surface area (Å²) in [6.07, 6.45) is 10.4. The van der Waals surface area contributed by atoms with E-state index in [2.05, 4.69) is 29.3 Å². The summed E-state index contributed by atoms with van der Waals surface area (Å²) in [6, 6.07) is 22.1. The average Bonchev–Trinajstić information content (AvgIpc) is 3.47. The van der Waals surface area contributed by atoms with Gasteiger partial charge in [0.2, 0.25) is 0 Å². The second-order valence-electron chi connectivity index (χ2n) is 12.8. The van der Waals surface area contributed by atoms with Gasteiger partial charge < -0.3 is 14.4 Å². The van der Waals surface area contributed by atoms with E-state index in [-0.39, 0.29) is 30.1 Å². The van der Waals surface area contributed by atoms with Crippen molar-refractivity contribution in [2.75, 3.05) is 7.11 Å². The van der Waals surface area contributed by atoms with Gasteiger partial charge in [0.15, 0.2) is 0 Å². The van der Waals surface area contributed by atoms with E-state index in [4.69, 9.17) is 9.47 Å². The SMILES string of the molecule is COc1cc([C@H]2N[C@@H](C)[C@@H](c3ccccc3)O2)c(C(=O)N(C2CCCCC2)C2CCCCC2)c([S@@](=O)c2ccc(C)cc2)c1. The summed E-state index contributed by atoms with van der Waals surface area (Å²) >= 11 is 0. The molecule has 0 radical (unpaired) electrons. The van der Waals surface area contributed by atoms with E-state index >= 15 is 4.79 Å². The Morgan fingerprint density at radius 2 is 1.50 bits per heavy atom. The van der Waals surface area contributed by atoms with Crippen LogP contribution in [0.3, 0.4) is 0 Å². The van der Waals surface area contributed by atoms with Crippen molar-refractivity contribution < 1.29 is 18.5 Å². The number of hydrogen-bond donors (Lipinski definition) is 1. The van der Waals surface area contributed by atoms with Gasteiger partial charge in [0.1, 0.15) is 18.1 Å². The summed E-state index contributed by atoms with van der Waals surface area (Å²) in [5, 5.41) is 3.63. The molecule has 234 valence electrons. The van der Waals surface area contributed by atoms with Gasteiger partial charge in [-0.1, -0.05) is 86.6 Å². The number of nitrogens with one attached hydrogen (secondary N) is 1. The Labute approximate surface area is 265 Å². The minimum Gasteiger partial charge on any atom is -0.497 e. The fourth-order valence-electron chi connectivity index (χ4n) is 7.38. The molecule has 0 unspecified atom stereocenters. The normalized spacial score (nSPS) is 23.8. The first-order chi connectivity index (χ1) is 21.4. The van der Waals surface area contributed by atoms with Crippen LogP contribution in [0.4, 0.5) is 0 Å². The molecule has 1 heterocycles. The van der Waals surface area contributed by atoms with E-state index < -0.39 is 17.0 Å². The third kappa shape index (κ3) is 6.51. The standard InChI is InChI=1S/C37H46N2O4S/c1-25-19-21-31(22-20-25)44(41)33-24-30(42-3)23-32(36-38-26(2)35(43-36)27-13-7-4-8-14-27)34(33)37(40)39(28-15-9-5-10-16-28)29-17-11-6-12-18-29/h4,7-8,13-14,19-24,26,28-29,35-36,38H,5-6,9-12,15-18H2,1-3H3/t26-,35-,36-,44-/m0/s1. The minimum absolute atomic E-state index is 0.00962. The highest BCUT2D eigenvalue weighted by Gasteiger charge is 2.40. The van der Waals surface area contributed by atoms with Crippen molar-refractivity contribution in [1.82, 2.24) is 10.2 Å². The van der Waals surface area contributed by atoms with Gasteiger partial charge in [-0.25, -0.2) is 4.21 Å². The highest BCUT2D eigenvalue weighted by Crippen LogP contribution is 2.41. The zero-order chi connectivity index (χ0) is 30.6. The van der Waals surface area contributed by atoms with Crippen LogP contribution in [-0.4, -0.2) is 40.3 Å². The molecule has 6 nitrogen and oxygen atoms in total. The third-order valence-electron chi connectivity index (χ3n) is 9.72. The molecule has 3 fully saturated rings. The number of methoxy groups -OCH3 is 1. The topological polar surface area (TPSA) is 67.9 Å². The number of carbonyl (C=O) groups is 1. The van der Waals surface area contributed by atoms with Crippen LogP contribution in [0.5, 0.6) is 5.75 Å². The van der Waals surface area contributed by atoms with E-state index in [9.17, 15) is 4.21 Å². The molecule has 3 aromatic carbocycles. The van der Waals surface area contributed by atoms with E-state index in [0.717, 1.165) is 62.5 Å². The van der Waals surface area contributed by atoms with Crippen molar-refractivity contribution in [2.45, 2.75) is 118 Å². The predicted octanol–water partition coefficient (Wildman–Crippen LogP) is 8.03. The summed E-state index contributed by atoms with van der Waals surface area (Å²) in [7, 11) is 0.0188. The number of carbonyl (C=O) groups excluding carboxylic acids is 1. The third-order valence-corrected chi connectivity index (χ3v) is 11.1. The predicted molar refractivity (Wildman–Crippen MR) is 174 cm³/mol. The highest BCUT2D eigenvalue weighted by molar-refractivity contribution is 7.85. The monoisotopic (exact) mass is 614 g/mol. The van der Waals surface area contributed by atoms with Crippen LogP contribution in [0.2, 0.25) is 0 Å². The fourth-order valence-corrected chi connectivity index (χ4v) is 8.63. The maximum absolute atomic E-state index is 15.2. The molecule has 0 spiro atoms. The van der Waals surface area contributed by atoms with Crippen LogP contribution < -0.4 is 10.1 Å². The van der Waals surface area contributed by atoms with E-state index in [1.54, 1.807) is 13.2 Å². The molecule has 1 aliphatic heterocycles. The molecule has 1 N–H and O–H groups in total. The Morgan fingerprint density at radius 3 is 2.09 bits per heavy atom. The molecular weight excluding hydrogens is 568 g/mol. The number of hydrogen-bond acceptors (Lipinski definition) is 5. The maximum Gasteiger partial charge on any atom is 0.256 e. The van der Waals surface area contributed by atoms with Gasteiger partial charge in [-0.05, 0) is 69.4 Å². The molecule has 2 saturated carbocycles. The van der Waals surface area contributed by atoms with Crippen molar-refractivity contribution >= 4 is 16.7 Å². The summed E-state index contributed by atoms with van der Waals surface area (Å²) in [5.74, 6) is 0.549. The largest absolute Gasteiger partial charge is 0.497 e. The minimum atomic E-state index is -1.60. The number of nitrogens with zero attached hydrogens (tertiary/aromatic N) is 1. The lowest BCUT2D eigenvalue weighted by Crippen LogP contribution is -2.49. The first-order valence-corrected chi connectivity index (χ1v) is 17.6. The molecule has 3 aromatic rings. The number of benzene rings is 3. The Hall–Kier alpha value is -3.00. The Bertz CT molecular complexity index is 1430. The molecule has 1 saturated heterocycles. The molecule has 3 aliphatic rings. The van der Waals surface area contributed by atoms with Crippen molar-refractivity contribution in [1.29, 1.82) is 0 Å². The molecule has 7 heteroatoms. The first kappa shape index (κ1) is 31.0. The Kier molecular flexibility index (Phi) is 9.84. The lowest BCUT2D eigenvalue weighted by Gasteiger charge is -2.42. The van der Waals surface area contributed by atoms with Crippen molar-refractivity contribution in [3.8, 4) is 5.75 Å². The maximum atomic E-state index is 15.2. The summed E-state index contributed by atoms with van der Waals surface area (Å²) < 4.78 is 27.0. The smallest absolute Gasteiger partial charge is 0.256 e. The van der Waals surface area contributed by atoms with E-state index in [0.29, 0.717) is 26.7 Å². The molecule has 0 bridgehead atoms. The van der Waals surface area contributed by atoms with E-state index in [1.165, 1.54) is 12.8 Å². The van der Waals surface area contributed by atoms with Gasteiger partial charge in [-0.2, -0.15) is 0 Å². The summed E-state index contributed by atoms with van der Waals surface area (Å²) in [6.45, 7) is 4.13. The van der Waals surface area contributed by atoms with Crippen molar-refractivity contribution in [3.05, 3.63) is 89.0 Å². The lowest BCUT2D eigenvalue weighted by atomic mass is 9.87. The Balaban J connectivity index is 1.49. The van der Waals surface area contributed by atoms with Crippen LogP contribution in [0.25, 0.3) is 0 Å². The Morgan fingerprint density at radius 1 is 0.886 bits per heavy atom. The van der Waals surface area contributed by atoms with Crippen molar-refractivity contribution in [2.24, 2.45) is 0 Å². The second kappa shape index (κ2) is 14.0. The van der Waals surface area contributed by atoms with Crippen LogP contribution in [-0.2, 0) is 15.5 Å². The number of aryl methyl sites for hydroxylation is 1. The van der Waals surface area contributed by atoms with Gasteiger partial charge in [0.25, 0.3) is 5.91 Å². The molecule has 6 rings (SSSR count). The van der Waals surface area contributed by atoms with Gasteiger partial charge in [-0.15, -0.1) is 0 Å². The molecule has 1 amide bonds. The number of ether oxygens (including phenoxy) is 2. The molecule has 4 atom stereocenters. The summed E-state index contributed by atoms with van der Waals surface area (Å²) in [4.78, 5) is 18.6. The van der Waals surface area contributed by atoms with E-state index in [1.807, 2.05) is 55.5 Å². The van der Waals surface area contributed by atoms with Crippen molar-refractivity contribution in [3.63, 3.8) is 0 Å². The molecule has 44 heavy (non-hydrogen) atoms. The van der Waals surface area contributed by atoms with Gasteiger partial charge >= 0.3 is 0 Å². The van der Waals surface area contributed by atoms with Gasteiger partial charge in [0.05, 0.1) is 28.4 Å². The average molecular weight is 615 g/mol. The quantitative estimate of drug-likeness (QED) is 0.278. The zero-order valence-electron chi connectivity index (χ0n) is 26.3. The second-order valence-corrected chi connectivity index (χ2v) is 14.2. The van der Waals surface area contributed by atoms with Crippen LogP contribution in [0.15, 0.2) is 76.5 Å². The first-order valence-electron chi connectivity index (χ1n) is 16.4. The van der Waals surface area contributed by atoms with Crippen LogP contribution in [0, 0.1) is 6.92 Å². The van der Waals surface area contributed by atoms with Crippen LogP contribution in [0.1, 0.15) is 111 Å². The molecular formula is C37H46N2O4S. The molecule has 2 aliphatic carbocycles. The molecule has 0 aromatic heterocycles. The summed E-state index contributed by atoms with van der Waals surface area (Å²) in [5.41, 5.74) is 3.38. The highest BCUT2D eigenvalue weighted by atomic mass is 32.2. The fraction of sp³-hybridized carbons (Fsp3) is 0.486. The lowest BCUT2D eigenvalue weighted by molar-refractivity contribution is 0.0319. The zero-order valence-corrected chi connectivity index (χ0v) is 27.1. The number of amides is 1. The van der Waals surface area contributed by atoms with Gasteiger partial charge in [0, 0.05) is 28.6 Å². The van der Waals surface area contributed by atoms with Gasteiger partial charge in [-0.3, -0.25) is 10.1 Å².